The van der Waals surface area contributed by atoms with Gasteiger partial charge in [0.1, 0.15) is 24.0 Å². The van der Waals surface area contributed by atoms with Crippen LogP contribution in [0.25, 0.3) is 0 Å². The first-order valence-electron chi connectivity index (χ1n) is 4.95. The Kier molecular flexibility index (Phi) is 3.69. The summed E-state index contributed by atoms with van der Waals surface area (Å²) in [6.07, 6.45) is -4.43. The van der Waals surface area contributed by atoms with Crippen molar-refractivity contribution < 1.29 is 24.9 Å². The molecule has 1 aliphatic rings. The fourth-order valence-corrected chi connectivity index (χ4v) is 2.08. The summed E-state index contributed by atoms with van der Waals surface area (Å²) >= 11 is 1.27. The second kappa shape index (κ2) is 5.07. The van der Waals surface area contributed by atoms with E-state index in [-0.39, 0.29) is 5.69 Å². The molecule has 0 unspecified atom stereocenters. The molecule has 1 aliphatic heterocycles. The second-order valence-electron chi connectivity index (χ2n) is 3.61. The normalized spacial score (nSPS) is 32.6. The minimum atomic E-state index is -1.27. The molecule has 0 aliphatic carbocycles. The minimum Gasteiger partial charge on any atom is -0.394 e. The first-order valence-corrected chi connectivity index (χ1v) is 5.89. The van der Waals surface area contributed by atoms with E-state index in [9.17, 15) is 15.0 Å². The zero-order chi connectivity index (χ0) is 12.4. The summed E-state index contributed by atoms with van der Waals surface area (Å²) in [6.45, 7) is -0.429. The monoisotopic (exact) mass is 260 g/mol. The number of nitrogens with zero attached hydrogens (tertiary/aromatic N) is 1. The molecule has 1 aromatic heterocycles. The molecule has 0 spiro atoms. The van der Waals surface area contributed by atoms with E-state index in [1.54, 1.807) is 5.38 Å². The van der Waals surface area contributed by atoms with E-state index >= 15 is 0 Å². The number of aromatic nitrogens is 1. The van der Waals surface area contributed by atoms with Gasteiger partial charge in [-0.05, 0) is 0 Å². The van der Waals surface area contributed by atoms with Crippen LogP contribution in [0.5, 0.6) is 0 Å². The third-order valence-corrected chi connectivity index (χ3v) is 3.07. The molecule has 2 rings (SSSR count). The SMILES string of the molecule is O=C(N[C@H]1O[C@@H](CO)[C@H](O)[C@@H]1O)c1cscn1. The maximum Gasteiger partial charge on any atom is 0.272 e. The number of hydrogen-bond donors (Lipinski definition) is 4. The zero-order valence-corrected chi connectivity index (χ0v) is 9.50. The summed E-state index contributed by atoms with van der Waals surface area (Å²) in [6, 6.07) is 0. The van der Waals surface area contributed by atoms with Crippen LogP contribution in [-0.2, 0) is 4.74 Å². The molecule has 0 aromatic carbocycles. The number of amides is 1. The Morgan fingerprint density at radius 2 is 2.29 bits per heavy atom. The zero-order valence-electron chi connectivity index (χ0n) is 8.68. The standard InChI is InChI=1S/C9H12N2O5S/c12-1-5-6(13)7(14)9(16-5)11-8(15)4-2-17-3-10-4/h2-3,5-7,9,12-14H,1H2,(H,11,15)/t5-,6-,7-,9-/m0/s1. The van der Waals surface area contributed by atoms with Crippen LogP contribution in [0.15, 0.2) is 10.9 Å². The predicted octanol–water partition coefficient (Wildman–Crippen LogP) is -1.69. The highest BCUT2D eigenvalue weighted by molar-refractivity contribution is 7.07. The van der Waals surface area contributed by atoms with Crippen molar-refractivity contribution in [1.29, 1.82) is 0 Å². The molecule has 1 fully saturated rings. The maximum atomic E-state index is 11.6. The number of aliphatic hydroxyl groups is 3. The molecule has 4 N–H and O–H groups in total. The quantitative estimate of drug-likeness (QED) is 0.516. The molecule has 94 valence electrons. The molecular formula is C9H12N2O5S. The maximum absolute atomic E-state index is 11.6. The van der Waals surface area contributed by atoms with Crippen LogP contribution < -0.4 is 5.32 Å². The Labute approximate surface area is 101 Å². The lowest BCUT2D eigenvalue weighted by molar-refractivity contribution is -0.0304. The van der Waals surface area contributed by atoms with Crippen LogP contribution in [0.1, 0.15) is 10.5 Å². The summed E-state index contributed by atoms with van der Waals surface area (Å²) in [5.41, 5.74) is 1.72. The van der Waals surface area contributed by atoms with Crippen molar-refractivity contribution in [2.75, 3.05) is 6.61 Å². The van der Waals surface area contributed by atoms with Crippen LogP contribution in [-0.4, -0.2) is 57.4 Å². The number of nitrogens with one attached hydrogen (secondary N) is 1. The molecule has 1 amide bonds. The highest BCUT2D eigenvalue weighted by Crippen LogP contribution is 2.19. The lowest BCUT2D eigenvalue weighted by atomic mass is 10.1. The van der Waals surface area contributed by atoms with E-state index in [1.165, 1.54) is 16.8 Å². The molecule has 1 aromatic rings. The van der Waals surface area contributed by atoms with E-state index in [0.717, 1.165) is 0 Å². The van der Waals surface area contributed by atoms with Gasteiger partial charge in [0.2, 0.25) is 0 Å². The average Bonchev–Trinajstić information content (AvgIpc) is 2.93. The minimum absolute atomic E-state index is 0.215. The topological polar surface area (TPSA) is 112 Å². The van der Waals surface area contributed by atoms with Gasteiger partial charge >= 0.3 is 0 Å². The summed E-state index contributed by atoms with van der Waals surface area (Å²) in [5, 5.41) is 31.9. The number of aliphatic hydroxyl groups excluding tert-OH is 3. The van der Waals surface area contributed by atoms with Gasteiger partial charge in [0.25, 0.3) is 5.91 Å². The molecule has 0 radical (unpaired) electrons. The smallest absolute Gasteiger partial charge is 0.272 e. The molecule has 2 heterocycles. The molecule has 17 heavy (non-hydrogen) atoms. The van der Waals surface area contributed by atoms with Crippen molar-refractivity contribution in [2.24, 2.45) is 0 Å². The molecule has 7 nitrogen and oxygen atoms in total. The largest absolute Gasteiger partial charge is 0.394 e. The Hall–Kier alpha value is -1.06. The van der Waals surface area contributed by atoms with Gasteiger partial charge in [-0.3, -0.25) is 4.79 Å². The first kappa shape index (κ1) is 12.4. The van der Waals surface area contributed by atoms with Gasteiger partial charge < -0.3 is 25.4 Å². The van der Waals surface area contributed by atoms with Crippen molar-refractivity contribution in [3.05, 3.63) is 16.6 Å². The van der Waals surface area contributed by atoms with Crippen LogP contribution >= 0.6 is 11.3 Å². The van der Waals surface area contributed by atoms with Gasteiger partial charge in [-0.1, -0.05) is 0 Å². The highest BCUT2D eigenvalue weighted by atomic mass is 32.1. The summed E-state index contributed by atoms with van der Waals surface area (Å²) in [5.74, 6) is -0.499. The molecular weight excluding hydrogens is 248 g/mol. The van der Waals surface area contributed by atoms with Crippen molar-refractivity contribution >= 4 is 17.2 Å². The van der Waals surface area contributed by atoms with Gasteiger partial charge in [-0.2, -0.15) is 0 Å². The predicted molar refractivity (Wildman–Crippen MR) is 57.3 cm³/mol. The van der Waals surface area contributed by atoms with Crippen LogP contribution in [0.3, 0.4) is 0 Å². The number of carbonyl (C=O) groups excluding carboxylic acids is 1. The van der Waals surface area contributed by atoms with E-state index in [0.29, 0.717) is 0 Å². The molecule has 4 atom stereocenters. The van der Waals surface area contributed by atoms with E-state index in [1.807, 2.05) is 0 Å². The number of rotatable bonds is 3. The second-order valence-corrected chi connectivity index (χ2v) is 4.32. The molecule has 0 saturated carbocycles. The number of ether oxygens (including phenoxy) is 1. The fraction of sp³-hybridized carbons (Fsp3) is 0.556. The lowest BCUT2D eigenvalue weighted by Gasteiger charge is -2.15. The van der Waals surface area contributed by atoms with Crippen LogP contribution in [0.4, 0.5) is 0 Å². The number of hydrogen-bond acceptors (Lipinski definition) is 7. The lowest BCUT2D eigenvalue weighted by Crippen LogP contribution is -2.43. The van der Waals surface area contributed by atoms with E-state index in [4.69, 9.17) is 9.84 Å². The number of thiazole rings is 1. The van der Waals surface area contributed by atoms with E-state index < -0.39 is 37.1 Å². The number of carbonyl (C=O) groups is 1. The van der Waals surface area contributed by atoms with Gasteiger partial charge in [-0.25, -0.2) is 4.98 Å². The summed E-state index contributed by atoms with van der Waals surface area (Å²) in [7, 11) is 0. The fourth-order valence-electron chi connectivity index (χ4n) is 1.55. The van der Waals surface area contributed by atoms with E-state index in [2.05, 4.69) is 10.3 Å². The van der Waals surface area contributed by atoms with Crippen LogP contribution in [0.2, 0.25) is 0 Å². The van der Waals surface area contributed by atoms with Gasteiger partial charge in [0, 0.05) is 5.38 Å². The Bertz CT molecular complexity index is 385. The van der Waals surface area contributed by atoms with Gasteiger partial charge in [-0.15, -0.1) is 11.3 Å². The first-order chi connectivity index (χ1) is 8.13. The summed E-state index contributed by atoms with van der Waals surface area (Å²) < 4.78 is 5.10. The van der Waals surface area contributed by atoms with Gasteiger partial charge in [0.15, 0.2) is 6.23 Å². The Morgan fingerprint density at radius 1 is 1.53 bits per heavy atom. The summed E-state index contributed by atoms with van der Waals surface area (Å²) in [4.78, 5) is 15.4. The van der Waals surface area contributed by atoms with Crippen LogP contribution in [0, 0.1) is 0 Å². The van der Waals surface area contributed by atoms with Crippen molar-refractivity contribution in [3.8, 4) is 0 Å². The van der Waals surface area contributed by atoms with Crippen molar-refractivity contribution in [3.63, 3.8) is 0 Å². The Balaban J connectivity index is 1.98. The molecule has 8 heteroatoms. The molecule has 1 saturated heterocycles. The highest BCUT2D eigenvalue weighted by Gasteiger charge is 2.43. The van der Waals surface area contributed by atoms with Crippen molar-refractivity contribution in [2.45, 2.75) is 24.5 Å². The Morgan fingerprint density at radius 3 is 2.82 bits per heavy atom. The van der Waals surface area contributed by atoms with Crippen molar-refractivity contribution in [1.82, 2.24) is 10.3 Å². The average molecular weight is 260 g/mol. The third-order valence-electron chi connectivity index (χ3n) is 2.48. The molecule has 0 bridgehead atoms. The van der Waals surface area contributed by atoms with Gasteiger partial charge in [0.05, 0.1) is 12.1 Å². The third kappa shape index (κ3) is 2.45.